The van der Waals surface area contributed by atoms with Gasteiger partial charge in [0.05, 0.1) is 11.7 Å². The Morgan fingerprint density at radius 3 is 2.17 bits per heavy atom. The first kappa shape index (κ1) is 18.2. The molecule has 2 aromatic rings. The third-order valence-corrected chi connectivity index (χ3v) is 4.69. The molecule has 2 atom stereocenters. The zero-order valence-corrected chi connectivity index (χ0v) is 15.5. The maximum atomic E-state index is 12.6. The number of carbonyl (C=O) groups is 1. The molecular formula is C20H28N2O2. The third-order valence-electron chi connectivity index (χ3n) is 4.69. The van der Waals surface area contributed by atoms with Crippen LogP contribution in [0.2, 0.25) is 0 Å². The van der Waals surface area contributed by atoms with E-state index in [1.165, 1.54) is 5.56 Å². The Hall–Kier alpha value is -2.10. The molecule has 0 radical (unpaired) electrons. The van der Waals surface area contributed by atoms with Gasteiger partial charge in [0.15, 0.2) is 0 Å². The largest absolute Gasteiger partial charge is 0.361 e. The fraction of sp³-hybridized carbons (Fsp3) is 0.500. The predicted octanol–water partition coefficient (Wildman–Crippen LogP) is 4.93. The summed E-state index contributed by atoms with van der Waals surface area (Å²) in [4.78, 5) is 12.6. The van der Waals surface area contributed by atoms with Crippen molar-refractivity contribution in [1.82, 2.24) is 10.5 Å². The van der Waals surface area contributed by atoms with Gasteiger partial charge >= 0.3 is 0 Å². The molecule has 2 rings (SSSR count). The molecule has 1 heterocycles. The van der Waals surface area contributed by atoms with Gasteiger partial charge in [-0.05, 0) is 43.2 Å². The van der Waals surface area contributed by atoms with Crippen molar-refractivity contribution in [2.24, 2.45) is 5.92 Å². The van der Waals surface area contributed by atoms with E-state index in [-0.39, 0.29) is 17.9 Å². The van der Waals surface area contributed by atoms with E-state index in [0.717, 1.165) is 12.0 Å². The molecule has 0 aliphatic heterocycles. The molecule has 0 spiro atoms. The number of hydrogen-bond donors (Lipinski definition) is 1. The molecule has 0 aliphatic rings. The molecule has 0 bridgehead atoms. The third kappa shape index (κ3) is 3.86. The van der Waals surface area contributed by atoms with Crippen LogP contribution in [0.4, 0.5) is 0 Å². The number of aromatic nitrogens is 1. The Balaban J connectivity index is 2.22. The van der Waals surface area contributed by atoms with Crippen LogP contribution < -0.4 is 5.32 Å². The molecule has 2 unspecified atom stereocenters. The van der Waals surface area contributed by atoms with Crippen LogP contribution in [0.25, 0.3) is 0 Å². The predicted molar refractivity (Wildman–Crippen MR) is 96.2 cm³/mol. The second-order valence-corrected chi connectivity index (χ2v) is 6.87. The topological polar surface area (TPSA) is 55.1 Å². The van der Waals surface area contributed by atoms with Crippen molar-refractivity contribution in [3.8, 4) is 0 Å². The summed E-state index contributed by atoms with van der Waals surface area (Å²) in [5, 5.41) is 7.01. The fourth-order valence-corrected chi connectivity index (χ4v) is 2.92. The van der Waals surface area contributed by atoms with Gasteiger partial charge in [0.1, 0.15) is 11.3 Å². The van der Waals surface area contributed by atoms with E-state index in [2.05, 4.69) is 62.4 Å². The lowest BCUT2D eigenvalue weighted by atomic mass is 9.92. The van der Waals surface area contributed by atoms with Crippen molar-refractivity contribution >= 4 is 5.91 Å². The minimum absolute atomic E-state index is 0.0443. The van der Waals surface area contributed by atoms with Gasteiger partial charge in [-0.2, -0.15) is 0 Å². The summed E-state index contributed by atoms with van der Waals surface area (Å²) in [5.41, 5.74) is 3.62. The van der Waals surface area contributed by atoms with E-state index in [4.69, 9.17) is 4.52 Å². The van der Waals surface area contributed by atoms with Crippen molar-refractivity contribution in [2.75, 3.05) is 0 Å². The highest BCUT2D eigenvalue weighted by Gasteiger charge is 2.23. The summed E-state index contributed by atoms with van der Waals surface area (Å²) in [6.07, 6.45) is 1.12. The molecule has 1 aromatic carbocycles. The Bertz CT molecular complexity index is 667. The Morgan fingerprint density at radius 2 is 1.71 bits per heavy atom. The van der Waals surface area contributed by atoms with Crippen LogP contribution in [-0.2, 0) is 0 Å². The minimum Gasteiger partial charge on any atom is -0.361 e. The average Bonchev–Trinajstić information content (AvgIpc) is 2.90. The van der Waals surface area contributed by atoms with Crippen molar-refractivity contribution < 1.29 is 9.32 Å². The number of nitrogens with one attached hydrogen (secondary N) is 1. The molecular weight excluding hydrogens is 300 g/mol. The van der Waals surface area contributed by atoms with Crippen molar-refractivity contribution in [3.05, 3.63) is 52.4 Å². The molecule has 24 heavy (non-hydrogen) atoms. The van der Waals surface area contributed by atoms with Crippen LogP contribution in [0.3, 0.4) is 0 Å². The Kier molecular flexibility index (Phi) is 5.81. The van der Waals surface area contributed by atoms with Crippen LogP contribution in [-0.4, -0.2) is 11.1 Å². The Labute approximate surface area is 144 Å². The van der Waals surface area contributed by atoms with Gasteiger partial charge in [-0.15, -0.1) is 0 Å². The summed E-state index contributed by atoms with van der Waals surface area (Å²) >= 11 is 0. The smallest absolute Gasteiger partial charge is 0.257 e. The zero-order valence-electron chi connectivity index (χ0n) is 15.5. The van der Waals surface area contributed by atoms with Gasteiger partial charge in [-0.25, -0.2) is 0 Å². The number of amides is 1. The summed E-state index contributed by atoms with van der Waals surface area (Å²) in [7, 11) is 0. The van der Waals surface area contributed by atoms with Gasteiger partial charge in [0.2, 0.25) is 0 Å². The van der Waals surface area contributed by atoms with Gasteiger partial charge in [0.25, 0.3) is 5.91 Å². The van der Waals surface area contributed by atoms with Crippen molar-refractivity contribution in [2.45, 2.75) is 59.9 Å². The monoisotopic (exact) mass is 328 g/mol. The van der Waals surface area contributed by atoms with E-state index in [0.29, 0.717) is 22.9 Å². The standard InChI is InChI=1S/C20H28N2O2/c1-7-13(4)16-8-10-17(11-9-16)19(12(2)3)21-20(23)18-14(5)22-24-15(18)6/h8-13,19H,7H2,1-6H3,(H,21,23). The second kappa shape index (κ2) is 7.65. The zero-order chi connectivity index (χ0) is 17.9. The number of rotatable bonds is 6. The average molecular weight is 328 g/mol. The molecule has 1 aromatic heterocycles. The van der Waals surface area contributed by atoms with E-state index >= 15 is 0 Å². The summed E-state index contributed by atoms with van der Waals surface area (Å²) < 4.78 is 5.11. The lowest BCUT2D eigenvalue weighted by Crippen LogP contribution is -2.32. The molecule has 1 amide bonds. The lowest BCUT2D eigenvalue weighted by Gasteiger charge is -2.23. The second-order valence-electron chi connectivity index (χ2n) is 6.87. The van der Waals surface area contributed by atoms with Gasteiger partial charge in [0, 0.05) is 0 Å². The SMILES string of the molecule is CCC(C)c1ccc(C(NC(=O)c2c(C)noc2C)C(C)C)cc1. The molecule has 130 valence electrons. The molecule has 4 heteroatoms. The van der Waals surface area contributed by atoms with Gasteiger partial charge in [-0.1, -0.05) is 57.1 Å². The molecule has 1 N–H and O–H groups in total. The van der Waals surface area contributed by atoms with E-state index in [1.54, 1.807) is 13.8 Å². The van der Waals surface area contributed by atoms with E-state index in [1.807, 2.05) is 0 Å². The number of nitrogens with zero attached hydrogens (tertiary/aromatic N) is 1. The first-order valence-electron chi connectivity index (χ1n) is 8.68. The van der Waals surface area contributed by atoms with Crippen LogP contribution in [0.15, 0.2) is 28.8 Å². The van der Waals surface area contributed by atoms with Gasteiger partial charge in [-0.3, -0.25) is 4.79 Å². The Morgan fingerprint density at radius 1 is 1.12 bits per heavy atom. The van der Waals surface area contributed by atoms with Crippen LogP contribution in [0.5, 0.6) is 0 Å². The molecule has 0 aliphatic carbocycles. The van der Waals surface area contributed by atoms with Crippen LogP contribution in [0, 0.1) is 19.8 Å². The highest BCUT2D eigenvalue weighted by atomic mass is 16.5. The first-order valence-corrected chi connectivity index (χ1v) is 8.68. The normalized spacial score (nSPS) is 13.8. The lowest BCUT2D eigenvalue weighted by molar-refractivity contribution is 0.0923. The van der Waals surface area contributed by atoms with Crippen molar-refractivity contribution in [1.29, 1.82) is 0 Å². The van der Waals surface area contributed by atoms with E-state index in [9.17, 15) is 4.79 Å². The van der Waals surface area contributed by atoms with E-state index < -0.39 is 0 Å². The van der Waals surface area contributed by atoms with Crippen molar-refractivity contribution in [3.63, 3.8) is 0 Å². The molecule has 0 fully saturated rings. The highest BCUT2D eigenvalue weighted by molar-refractivity contribution is 5.96. The maximum absolute atomic E-state index is 12.6. The molecule has 4 nitrogen and oxygen atoms in total. The molecule has 0 saturated heterocycles. The quantitative estimate of drug-likeness (QED) is 0.818. The highest BCUT2D eigenvalue weighted by Crippen LogP contribution is 2.26. The number of hydrogen-bond acceptors (Lipinski definition) is 3. The summed E-state index contributed by atoms with van der Waals surface area (Å²) in [6.45, 7) is 12.2. The fourth-order valence-electron chi connectivity index (χ4n) is 2.92. The minimum atomic E-state index is -0.129. The molecule has 0 saturated carbocycles. The summed E-state index contributed by atoms with van der Waals surface area (Å²) in [6, 6.07) is 8.54. The van der Waals surface area contributed by atoms with Crippen LogP contribution >= 0.6 is 0 Å². The number of carbonyl (C=O) groups excluding carboxylic acids is 1. The number of aryl methyl sites for hydroxylation is 2. The van der Waals surface area contributed by atoms with Crippen LogP contribution in [0.1, 0.15) is 79.0 Å². The summed E-state index contributed by atoms with van der Waals surface area (Å²) in [5.74, 6) is 1.26. The number of benzene rings is 1. The first-order chi connectivity index (χ1) is 11.3. The van der Waals surface area contributed by atoms with Gasteiger partial charge < -0.3 is 9.84 Å². The maximum Gasteiger partial charge on any atom is 0.257 e.